The van der Waals surface area contributed by atoms with Crippen LogP contribution in [0.5, 0.6) is 0 Å². The highest BCUT2D eigenvalue weighted by atomic mass is 79.9. The van der Waals surface area contributed by atoms with E-state index in [1.807, 2.05) is 38.1 Å². The summed E-state index contributed by atoms with van der Waals surface area (Å²) in [5.74, 6) is 0.331. The van der Waals surface area contributed by atoms with Gasteiger partial charge in [0.1, 0.15) is 11.2 Å². The fraction of sp³-hybridized carbons (Fsp3) is 0.412. The molecule has 1 heterocycles. The van der Waals surface area contributed by atoms with Crippen LogP contribution in [-0.4, -0.2) is 22.7 Å². The molecule has 0 radical (unpaired) electrons. The second-order valence-corrected chi connectivity index (χ2v) is 7.04. The Bertz CT molecular complexity index is 690. The molecule has 23 heavy (non-hydrogen) atoms. The van der Waals surface area contributed by atoms with E-state index in [0.29, 0.717) is 17.0 Å². The number of hydrogen-bond donors (Lipinski definition) is 2. The van der Waals surface area contributed by atoms with Crippen molar-refractivity contribution in [1.82, 2.24) is 10.5 Å². The molecule has 0 fully saturated rings. The zero-order valence-electron chi connectivity index (χ0n) is 13.7. The average molecular weight is 381 g/mol. The Kier molecular flexibility index (Phi) is 5.26. The first kappa shape index (κ1) is 17.7. The molecular weight excluding hydrogens is 360 g/mol. The van der Waals surface area contributed by atoms with Crippen LogP contribution in [0.2, 0.25) is 0 Å². The van der Waals surface area contributed by atoms with Crippen molar-refractivity contribution in [1.29, 1.82) is 0 Å². The number of rotatable bonds is 5. The van der Waals surface area contributed by atoms with Gasteiger partial charge < -0.3 is 14.9 Å². The summed E-state index contributed by atoms with van der Waals surface area (Å²) >= 11 is 3.36. The molecule has 1 atom stereocenters. The van der Waals surface area contributed by atoms with Crippen LogP contribution in [0.3, 0.4) is 0 Å². The molecule has 5 nitrogen and oxygen atoms in total. The summed E-state index contributed by atoms with van der Waals surface area (Å²) in [5.41, 5.74) is 0.563. The molecule has 0 bridgehead atoms. The molecular formula is C17H21BrN2O3. The van der Waals surface area contributed by atoms with Crippen molar-refractivity contribution in [3.8, 4) is 0 Å². The summed E-state index contributed by atoms with van der Waals surface area (Å²) in [6.45, 7) is 7.37. The van der Waals surface area contributed by atoms with E-state index in [2.05, 4.69) is 26.4 Å². The van der Waals surface area contributed by atoms with Gasteiger partial charge >= 0.3 is 0 Å². The third-order valence-electron chi connectivity index (χ3n) is 3.70. The summed E-state index contributed by atoms with van der Waals surface area (Å²) in [6.07, 6.45) is 0. The van der Waals surface area contributed by atoms with Gasteiger partial charge in [-0.05, 0) is 31.5 Å². The van der Waals surface area contributed by atoms with Crippen molar-refractivity contribution in [3.63, 3.8) is 0 Å². The Morgan fingerprint density at radius 3 is 2.57 bits per heavy atom. The quantitative estimate of drug-likeness (QED) is 0.831. The number of carbonyl (C=O) groups is 1. The highest BCUT2D eigenvalue weighted by Crippen LogP contribution is 2.24. The van der Waals surface area contributed by atoms with Crippen molar-refractivity contribution in [2.75, 3.05) is 6.54 Å². The van der Waals surface area contributed by atoms with E-state index in [0.717, 1.165) is 10.0 Å². The third kappa shape index (κ3) is 4.00. The molecule has 0 aliphatic carbocycles. The van der Waals surface area contributed by atoms with Gasteiger partial charge in [-0.25, -0.2) is 0 Å². The first-order chi connectivity index (χ1) is 10.7. The molecule has 2 N–H and O–H groups in total. The van der Waals surface area contributed by atoms with Crippen LogP contribution in [-0.2, 0) is 5.60 Å². The van der Waals surface area contributed by atoms with Gasteiger partial charge in [0.15, 0.2) is 5.76 Å². The number of benzene rings is 1. The van der Waals surface area contributed by atoms with Crippen LogP contribution in [0.4, 0.5) is 0 Å². The normalized spacial score (nSPS) is 13.9. The summed E-state index contributed by atoms with van der Waals surface area (Å²) < 4.78 is 6.16. The lowest BCUT2D eigenvalue weighted by Gasteiger charge is -2.24. The molecule has 0 spiro atoms. The van der Waals surface area contributed by atoms with E-state index in [1.54, 1.807) is 13.8 Å². The number of nitrogens with zero attached hydrogens (tertiary/aromatic N) is 1. The van der Waals surface area contributed by atoms with Crippen molar-refractivity contribution < 1.29 is 14.4 Å². The Morgan fingerprint density at radius 2 is 2.00 bits per heavy atom. The van der Waals surface area contributed by atoms with E-state index >= 15 is 0 Å². The fourth-order valence-electron chi connectivity index (χ4n) is 2.31. The first-order valence-corrected chi connectivity index (χ1v) is 8.24. The van der Waals surface area contributed by atoms with Crippen LogP contribution in [0.15, 0.2) is 33.3 Å². The smallest absolute Gasteiger partial charge is 0.256 e. The Hall–Kier alpha value is -1.66. The number of aryl methyl sites for hydroxylation is 1. The van der Waals surface area contributed by atoms with E-state index in [4.69, 9.17) is 4.52 Å². The van der Waals surface area contributed by atoms with Crippen molar-refractivity contribution in [2.45, 2.75) is 39.2 Å². The molecule has 0 aliphatic rings. The molecule has 2 aromatic rings. The summed E-state index contributed by atoms with van der Waals surface area (Å²) in [6, 6.07) is 7.35. The average Bonchev–Trinajstić information content (AvgIpc) is 2.87. The largest absolute Gasteiger partial charge is 0.384 e. The minimum atomic E-state index is -1.17. The Morgan fingerprint density at radius 1 is 1.39 bits per heavy atom. The van der Waals surface area contributed by atoms with Gasteiger partial charge in [-0.2, -0.15) is 0 Å². The topological polar surface area (TPSA) is 75.4 Å². The molecule has 1 aromatic heterocycles. The van der Waals surface area contributed by atoms with Gasteiger partial charge in [0.05, 0.1) is 12.2 Å². The van der Waals surface area contributed by atoms with Gasteiger partial charge in [0, 0.05) is 10.4 Å². The van der Waals surface area contributed by atoms with Crippen LogP contribution >= 0.6 is 15.9 Å². The molecule has 6 heteroatoms. The maximum absolute atomic E-state index is 12.5. The van der Waals surface area contributed by atoms with Gasteiger partial charge in [0.25, 0.3) is 5.91 Å². The van der Waals surface area contributed by atoms with Crippen molar-refractivity contribution >= 4 is 21.8 Å². The predicted molar refractivity (Wildman–Crippen MR) is 91.4 cm³/mol. The lowest BCUT2D eigenvalue weighted by molar-refractivity contribution is 0.0525. The number of aliphatic hydroxyl groups is 1. The van der Waals surface area contributed by atoms with Crippen LogP contribution < -0.4 is 5.32 Å². The lowest BCUT2D eigenvalue weighted by atomic mass is 9.96. The van der Waals surface area contributed by atoms with Crippen LogP contribution in [0, 0.1) is 6.92 Å². The maximum atomic E-state index is 12.5. The molecule has 1 unspecified atom stereocenters. The van der Waals surface area contributed by atoms with Crippen molar-refractivity contribution in [3.05, 3.63) is 51.3 Å². The maximum Gasteiger partial charge on any atom is 0.256 e. The molecule has 0 aliphatic heterocycles. The number of hydrogen-bond acceptors (Lipinski definition) is 4. The highest BCUT2D eigenvalue weighted by molar-refractivity contribution is 9.10. The number of nitrogens with one attached hydrogen (secondary N) is 1. The fourth-order valence-corrected chi connectivity index (χ4v) is 2.57. The second kappa shape index (κ2) is 6.84. The summed E-state index contributed by atoms with van der Waals surface area (Å²) in [4.78, 5) is 12.5. The highest BCUT2D eigenvalue weighted by Gasteiger charge is 2.27. The third-order valence-corrected chi connectivity index (χ3v) is 4.23. The lowest BCUT2D eigenvalue weighted by Crippen LogP contribution is -2.39. The molecule has 2 rings (SSSR count). The van der Waals surface area contributed by atoms with Gasteiger partial charge in [-0.15, -0.1) is 0 Å². The summed E-state index contributed by atoms with van der Waals surface area (Å²) in [5, 5.41) is 17.2. The molecule has 1 amide bonds. The zero-order chi connectivity index (χ0) is 17.2. The van der Waals surface area contributed by atoms with Crippen molar-refractivity contribution in [2.24, 2.45) is 0 Å². The van der Waals surface area contributed by atoms with Gasteiger partial charge in [-0.3, -0.25) is 4.79 Å². The number of aromatic nitrogens is 1. The zero-order valence-corrected chi connectivity index (χ0v) is 15.3. The van der Waals surface area contributed by atoms with E-state index < -0.39 is 5.60 Å². The van der Waals surface area contributed by atoms with Gasteiger partial charge in [-0.1, -0.05) is 47.1 Å². The minimum Gasteiger partial charge on any atom is -0.384 e. The van der Waals surface area contributed by atoms with Crippen LogP contribution in [0.25, 0.3) is 0 Å². The molecule has 0 saturated heterocycles. The predicted octanol–water partition coefficient (Wildman–Crippen LogP) is 3.51. The van der Waals surface area contributed by atoms with E-state index in [-0.39, 0.29) is 18.4 Å². The molecule has 124 valence electrons. The number of halogens is 1. The standard InChI is InChI=1S/C17H21BrN2O3/c1-10(2)15-14(11(3)20-23-15)16(21)19-9-17(4,22)12-5-7-13(18)8-6-12/h5-8,10,22H,9H2,1-4H3,(H,19,21). The summed E-state index contributed by atoms with van der Waals surface area (Å²) in [7, 11) is 0. The Balaban J connectivity index is 2.12. The van der Waals surface area contributed by atoms with E-state index in [9.17, 15) is 9.90 Å². The monoisotopic (exact) mass is 380 g/mol. The van der Waals surface area contributed by atoms with Gasteiger partial charge in [0.2, 0.25) is 0 Å². The number of amides is 1. The van der Waals surface area contributed by atoms with E-state index in [1.165, 1.54) is 0 Å². The number of carbonyl (C=O) groups excluding carboxylic acids is 1. The SMILES string of the molecule is Cc1noc(C(C)C)c1C(=O)NCC(C)(O)c1ccc(Br)cc1. The Labute approximate surface area is 144 Å². The minimum absolute atomic E-state index is 0.0592. The molecule has 0 saturated carbocycles. The van der Waals surface area contributed by atoms with Crippen LogP contribution in [0.1, 0.15) is 54.1 Å². The second-order valence-electron chi connectivity index (χ2n) is 6.13. The molecule has 1 aromatic carbocycles. The first-order valence-electron chi connectivity index (χ1n) is 7.45.